The minimum atomic E-state index is -4.11. The smallest absolute Gasteiger partial charge is 0.251 e. The van der Waals surface area contributed by atoms with E-state index in [2.05, 4.69) is 10.0 Å². The van der Waals surface area contributed by atoms with Crippen molar-refractivity contribution in [2.24, 2.45) is 0 Å². The molecule has 0 aliphatic carbocycles. The van der Waals surface area contributed by atoms with E-state index in [0.29, 0.717) is 29.8 Å². The van der Waals surface area contributed by atoms with Crippen molar-refractivity contribution in [1.82, 2.24) is 10.0 Å². The second-order valence-electron chi connectivity index (χ2n) is 8.95. The van der Waals surface area contributed by atoms with Crippen LogP contribution in [-0.2, 0) is 16.4 Å². The quantitative estimate of drug-likeness (QED) is 0.464. The van der Waals surface area contributed by atoms with Crippen LogP contribution in [0.15, 0.2) is 77.7 Å². The molecule has 0 radical (unpaired) electrons. The number of aliphatic hydroxyl groups is 1. The molecule has 1 amide bonds. The molecule has 3 aromatic rings. The lowest BCUT2D eigenvalue weighted by molar-refractivity contribution is -0.0603. The van der Waals surface area contributed by atoms with Crippen LogP contribution in [0.5, 0.6) is 5.75 Å². The van der Waals surface area contributed by atoms with Gasteiger partial charge in [0, 0.05) is 17.7 Å². The molecule has 0 saturated carbocycles. The number of hydrogen-bond acceptors (Lipinski definition) is 5. The Balaban J connectivity index is 1.58. The number of halogens is 1. The third kappa shape index (κ3) is 5.53. The minimum absolute atomic E-state index is 0.147. The fraction of sp³-hybridized carbons (Fsp3) is 0.269. The highest BCUT2D eigenvalue weighted by atomic mass is 32.2. The molecule has 7 nitrogen and oxygen atoms in total. The molecule has 35 heavy (non-hydrogen) atoms. The molecule has 0 spiro atoms. The molecular weight excluding hydrogens is 471 g/mol. The zero-order valence-corrected chi connectivity index (χ0v) is 20.2. The summed E-state index contributed by atoms with van der Waals surface area (Å²) in [6.07, 6.45) is -0.602. The maximum atomic E-state index is 13.3. The summed E-state index contributed by atoms with van der Waals surface area (Å²) in [5.74, 6) is -0.541. The number of rotatable bonds is 7. The van der Waals surface area contributed by atoms with Crippen LogP contribution in [0, 0.1) is 5.82 Å². The highest BCUT2D eigenvalue weighted by molar-refractivity contribution is 7.89. The summed E-state index contributed by atoms with van der Waals surface area (Å²) in [6, 6.07) is 17.7. The van der Waals surface area contributed by atoms with Crippen molar-refractivity contribution in [3.05, 3.63) is 95.3 Å². The Morgan fingerprint density at radius 2 is 1.74 bits per heavy atom. The highest BCUT2D eigenvalue weighted by Gasteiger charge is 2.44. The first kappa shape index (κ1) is 24.8. The molecule has 184 valence electrons. The van der Waals surface area contributed by atoms with E-state index in [1.165, 1.54) is 6.07 Å². The number of benzene rings is 3. The molecule has 1 aliphatic heterocycles. The van der Waals surface area contributed by atoms with Gasteiger partial charge in [0.2, 0.25) is 10.0 Å². The molecule has 0 aromatic heterocycles. The van der Waals surface area contributed by atoms with Crippen LogP contribution in [0.4, 0.5) is 4.39 Å². The zero-order valence-electron chi connectivity index (χ0n) is 19.4. The number of carbonyl (C=O) groups excluding carboxylic acids is 1. The molecule has 3 aromatic carbocycles. The van der Waals surface area contributed by atoms with E-state index in [0.717, 1.165) is 29.8 Å². The van der Waals surface area contributed by atoms with E-state index in [-0.39, 0.29) is 10.8 Å². The average Bonchev–Trinajstić information content (AvgIpc) is 2.82. The first-order valence-corrected chi connectivity index (χ1v) is 12.7. The number of fused-ring (bicyclic) bond motifs is 1. The number of ether oxygens (including phenoxy) is 1. The largest absolute Gasteiger partial charge is 0.485 e. The predicted molar refractivity (Wildman–Crippen MR) is 129 cm³/mol. The van der Waals surface area contributed by atoms with Crippen LogP contribution in [0.1, 0.15) is 41.4 Å². The summed E-state index contributed by atoms with van der Waals surface area (Å²) < 4.78 is 47.7. The normalized spacial score (nSPS) is 18.9. The van der Waals surface area contributed by atoms with E-state index in [1.54, 1.807) is 26.0 Å². The number of sulfonamides is 1. The van der Waals surface area contributed by atoms with Gasteiger partial charge in [0.15, 0.2) is 0 Å². The van der Waals surface area contributed by atoms with Crippen LogP contribution < -0.4 is 14.8 Å². The van der Waals surface area contributed by atoms with E-state index >= 15 is 0 Å². The Labute approximate surface area is 204 Å². The zero-order chi connectivity index (χ0) is 25.2. The van der Waals surface area contributed by atoms with E-state index in [1.807, 2.05) is 30.3 Å². The number of aliphatic hydroxyl groups excluding tert-OH is 1. The van der Waals surface area contributed by atoms with Crippen molar-refractivity contribution in [2.75, 3.05) is 6.54 Å². The number of hydrogen-bond donors (Lipinski definition) is 3. The Morgan fingerprint density at radius 1 is 1.06 bits per heavy atom. The van der Waals surface area contributed by atoms with Gasteiger partial charge >= 0.3 is 0 Å². The molecule has 1 heterocycles. The van der Waals surface area contributed by atoms with Crippen LogP contribution in [0.25, 0.3) is 0 Å². The Morgan fingerprint density at radius 3 is 2.43 bits per heavy atom. The summed E-state index contributed by atoms with van der Waals surface area (Å²) in [5.41, 5.74) is 0.617. The van der Waals surface area contributed by atoms with Crippen molar-refractivity contribution in [3.63, 3.8) is 0 Å². The second-order valence-corrected chi connectivity index (χ2v) is 10.7. The van der Waals surface area contributed by atoms with Gasteiger partial charge in [-0.2, -0.15) is 0 Å². The van der Waals surface area contributed by atoms with Crippen LogP contribution in [0.3, 0.4) is 0 Å². The van der Waals surface area contributed by atoms with Gasteiger partial charge in [-0.1, -0.05) is 30.3 Å². The highest BCUT2D eigenvalue weighted by Crippen LogP contribution is 2.41. The van der Waals surface area contributed by atoms with Gasteiger partial charge in [-0.25, -0.2) is 17.5 Å². The molecule has 0 saturated heterocycles. The molecule has 3 N–H and O–H groups in total. The van der Waals surface area contributed by atoms with Crippen molar-refractivity contribution in [2.45, 2.75) is 42.9 Å². The topological polar surface area (TPSA) is 105 Å². The van der Waals surface area contributed by atoms with Crippen molar-refractivity contribution in [1.29, 1.82) is 0 Å². The Kier molecular flexibility index (Phi) is 6.93. The third-order valence-electron chi connectivity index (χ3n) is 5.96. The molecule has 2 atom stereocenters. The molecule has 0 unspecified atom stereocenters. The molecule has 4 rings (SSSR count). The molecule has 9 heteroatoms. The lowest BCUT2D eigenvalue weighted by atomic mass is 9.86. The fourth-order valence-corrected chi connectivity index (χ4v) is 5.21. The number of carbonyl (C=O) groups is 1. The number of amides is 1. The van der Waals surface area contributed by atoms with Gasteiger partial charge in [0.25, 0.3) is 5.91 Å². The standard InChI is InChI=1S/C26H27FN2O5S/c1-26(2)24(30)23(29-35(32,33)20-11-9-19(27)10-12-20)21-16-18(8-13-22(21)34-26)25(31)28-15-14-17-6-4-3-5-7-17/h3-13,16,23-24,29-30H,14-15H2,1-2H3,(H,28,31)/t23-,24+/m1/s1. The summed E-state index contributed by atoms with van der Waals surface area (Å²) in [7, 11) is -4.11. The summed E-state index contributed by atoms with van der Waals surface area (Å²) in [4.78, 5) is 12.6. The monoisotopic (exact) mass is 498 g/mol. The maximum absolute atomic E-state index is 13.3. The lowest BCUT2D eigenvalue weighted by Crippen LogP contribution is -2.53. The minimum Gasteiger partial charge on any atom is -0.485 e. The Bertz CT molecular complexity index is 1310. The lowest BCUT2D eigenvalue weighted by Gasteiger charge is -2.42. The maximum Gasteiger partial charge on any atom is 0.251 e. The van der Waals surface area contributed by atoms with Gasteiger partial charge in [-0.15, -0.1) is 0 Å². The molecule has 0 bridgehead atoms. The van der Waals surface area contributed by atoms with Crippen LogP contribution in [0.2, 0.25) is 0 Å². The Hall–Kier alpha value is -3.27. The van der Waals surface area contributed by atoms with Gasteiger partial charge in [0.05, 0.1) is 10.9 Å². The first-order valence-electron chi connectivity index (χ1n) is 11.2. The first-order chi connectivity index (χ1) is 16.6. The summed E-state index contributed by atoms with van der Waals surface area (Å²) in [6.45, 7) is 3.71. The fourth-order valence-electron chi connectivity index (χ4n) is 3.98. The second kappa shape index (κ2) is 9.77. The number of nitrogens with one attached hydrogen (secondary N) is 2. The summed E-state index contributed by atoms with van der Waals surface area (Å²) in [5, 5.41) is 13.8. The van der Waals surface area contributed by atoms with Crippen LogP contribution in [-0.4, -0.2) is 37.7 Å². The van der Waals surface area contributed by atoms with E-state index in [9.17, 15) is 22.7 Å². The van der Waals surface area contributed by atoms with Crippen molar-refractivity contribution >= 4 is 15.9 Å². The van der Waals surface area contributed by atoms with E-state index < -0.39 is 33.6 Å². The van der Waals surface area contributed by atoms with Gasteiger partial charge < -0.3 is 15.2 Å². The third-order valence-corrected chi connectivity index (χ3v) is 7.41. The van der Waals surface area contributed by atoms with Crippen molar-refractivity contribution in [3.8, 4) is 5.75 Å². The van der Waals surface area contributed by atoms with Gasteiger partial charge in [-0.05, 0) is 68.3 Å². The van der Waals surface area contributed by atoms with E-state index in [4.69, 9.17) is 4.74 Å². The van der Waals surface area contributed by atoms with Gasteiger partial charge in [0.1, 0.15) is 23.3 Å². The SMILES string of the molecule is CC1(C)Oc2ccc(C(=O)NCCc3ccccc3)cc2[C@@H](NS(=O)(=O)c2ccc(F)cc2)[C@@H]1O. The van der Waals surface area contributed by atoms with Crippen molar-refractivity contribution < 1.29 is 27.4 Å². The van der Waals surface area contributed by atoms with Gasteiger partial charge in [-0.3, -0.25) is 4.79 Å². The molecule has 1 aliphatic rings. The van der Waals surface area contributed by atoms with Crippen LogP contribution >= 0.6 is 0 Å². The predicted octanol–water partition coefficient (Wildman–Crippen LogP) is 3.35. The molecular formula is C26H27FN2O5S. The summed E-state index contributed by atoms with van der Waals surface area (Å²) >= 11 is 0. The molecule has 0 fully saturated rings. The average molecular weight is 499 g/mol.